The van der Waals surface area contributed by atoms with Crippen molar-refractivity contribution in [3.63, 3.8) is 0 Å². The van der Waals surface area contributed by atoms with Gasteiger partial charge in [-0.2, -0.15) is 0 Å². The van der Waals surface area contributed by atoms with Gasteiger partial charge in [0.25, 0.3) is 0 Å². The van der Waals surface area contributed by atoms with Gasteiger partial charge in [-0.15, -0.1) is 0 Å². The lowest BCUT2D eigenvalue weighted by Crippen LogP contribution is -2.32. The third kappa shape index (κ3) is 2.16. The summed E-state index contributed by atoms with van der Waals surface area (Å²) in [6.07, 6.45) is 3.82. The molecule has 102 valence electrons. The van der Waals surface area contributed by atoms with Gasteiger partial charge < -0.3 is 9.47 Å². The number of carbonyl (C=O) groups excluding carboxylic acids is 1. The van der Waals surface area contributed by atoms with E-state index in [0.29, 0.717) is 12.3 Å². The summed E-state index contributed by atoms with van der Waals surface area (Å²) in [6.45, 7) is 8.12. The molecule has 0 saturated carbocycles. The maximum absolute atomic E-state index is 11.8. The smallest absolute Gasteiger partial charge is 0.356 e. The molecule has 0 radical (unpaired) electrons. The average Bonchev–Trinajstić information content (AvgIpc) is 2.82. The molecule has 1 unspecified atom stereocenters. The highest BCUT2D eigenvalue weighted by Gasteiger charge is 2.35. The molecule has 0 spiro atoms. The van der Waals surface area contributed by atoms with Crippen LogP contribution in [0.15, 0.2) is 39.6 Å². The Morgan fingerprint density at radius 1 is 1.42 bits per heavy atom. The van der Waals surface area contributed by atoms with Gasteiger partial charge in [0, 0.05) is 12.7 Å². The number of aliphatic imine (C=N–C) groups is 1. The van der Waals surface area contributed by atoms with E-state index in [1.54, 1.807) is 20.1 Å². The van der Waals surface area contributed by atoms with Crippen LogP contribution < -0.4 is 0 Å². The van der Waals surface area contributed by atoms with Crippen molar-refractivity contribution in [1.29, 1.82) is 0 Å². The Bertz CT molecular complexity index is 552. The monoisotopic (exact) mass is 261 g/mol. The Morgan fingerprint density at radius 3 is 2.68 bits per heavy atom. The number of rotatable bonds is 3. The second-order valence-corrected chi connectivity index (χ2v) is 4.89. The zero-order valence-corrected chi connectivity index (χ0v) is 12.0. The molecule has 0 bridgehead atoms. The molecule has 1 aliphatic carbocycles. The molecule has 1 atom stereocenters. The van der Waals surface area contributed by atoms with Crippen LogP contribution in [0.2, 0.25) is 0 Å². The quantitative estimate of drug-likeness (QED) is 0.734. The summed E-state index contributed by atoms with van der Waals surface area (Å²) in [6, 6.07) is 0. The number of nitrogens with zero attached hydrogens (tertiary/aromatic N) is 1. The molecule has 0 saturated heterocycles. The van der Waals surface area contributed by atoms with Gasteiger partial charge in [-0.3, -0.25) is 0 Å². The normalized spacial score (nSPS) is 25.6. The summed E-state index contributed by atoms with van der Waals surface area (Å²) in [5, 5.41) is 0. The van der Waals surface area contributed by atoms with Gasteiger partial charge in [-0.1, -0.05) is 0 Å². The van der Waals surface area contributed by atoms with Crippen molar-refractivity contribution >= 4 is 11.7 Å². The van der Waals surface area contributed by atoms with Crippen LogP contribution >= 0.6 is 0 Å². The minimum absolute atomic E-state index is 0.351. The molecule has 4 nitrogen and oxygen atoms in total. The molecular weight excluding hydrogens is 242 g/mol. The lowest BCUT2D eigenvalue weighted by molar-refractivity contribution is -0.138. The highest BCUT2D eigenvalue weighted by molar-refractivity contribution is 6.20. The summed E-state index contributed by atoms with van der Waals surface area (Å²) >= 11 is 0. The van der Waals surface area contributed by atoms with E-state index >= 15 is 0 Å². The minimum atomic E-state index is -0.445. The van der Waals surface area contributed by atoms with Crippen molar-refractivity contribution in [3.05, 3.63) is 34.6 Å². The van der Waals surface area contributed by atoms with Crippen LogP contribution in [0.5, 0.6) is 0 Å². The van der Waals surface area contributed by atoms with Crippen LogP contribution in [0, 0.1) is 0 Å². The Kier molecular flexibility index (Phi) is 3.45. The van der Waals surface area contributed by atoms with Crippen LogP contribution in [-0.4, -0.2) is 31.0 Å². The van der Waals surface area contributed by atoms with Gasteiger partial charge in [-0.25, -0.2) is 9.79 Å². The molecule has 0 aromatic heterocycles. The van der Waals surface area contributed by atoms with Crippen molar-refractivity contribution in [3.8, 4) is 0 Å². The SMILES string of the molecule is CCOC(=O)C1=CC2=C(C)C(C)(OC)C=C(C)C2=N1. The van der Waals surface area contributed by atoms with Crippen molar-refractivity contribution < 1.29 is 14.3 Å². The maximum Gasteiger partial charge on any atom is 0.356 e. The van der Waals surface area contributed by atoms with E-state index in [4.69, 9.17) is 9.47 Å². The maximum atomic E-state index is 11.8. The standard InChI is InChI=1S/C15H19NO3/c1-6-19-14(17)12-7-11-10(3)15(4,18-5)8-9(2)13(11)16-12/h7-8H,6H2,1-5H3. The molecule has 2 aliphatic rings. The van der Waals surface area contributed by atoms with E-state index in [9.17, 15) is 4.79 Å². The summed E-state index contributed by atoms with van der Waals surface area (Å²) in [7, 11) is 1.68. The number of fused-ring (bicyclic) bond motifs is 1. The van der Waals surface area contributed by atoms with E-state index in [1.165, 1.54) is 0 Å². The predicted octanol–water partition coefficient (Wildman–Crippen LogP) is 2.57. The molecule has 19 heavy (non-hydrogen) atoms. The zero-order valence-electron chi connectivity index (χ0n) is 12.0. The van der Waals surface area contributed by atoms with Crippen molar-refractivity contribution in [2.75, 3.05) is 13.7 Å². The van der Waals surface area contributed by atoms with E-state index < -0.39 is 5.60 Å². The van der Waals surface area contributed by atoms with Crippen molar-refractivity contribution in [2.24, 2.45) is 4.99 Å². The average molecular weight is 261 g/mol. The van der Waals surface area contributed by atoms with Crippen molar-refractivity contribution in [1.82, 2.24) is 0 Å². The fourth-order valence-electron chi connectivity index (χ4n) is 2.38. The van der Waals surface area contributed by atoms with E-state index in [0.717, 1.165) is 22.4 Å². The Morgan fingerprint density at radius 2 is 2.11 bits per heavy atom. The molecule has 2 rings (SSSR count). The van der Waals surface area contributed by atoms with Gasteiger partial charge in [0.15, 0.2) is 0 Å². The van der Waals surface area contributed by atoms with Gasteiger partial charge in [-0.05, 0) is 51.0 Å². The fraction of sp³-hybridized carbons (Fsp3) is 0.467. The minimum Gasteiger partial charge on any atom is -0.461 e. The highest BCUT2D eigenvalue weighted by Crippen LogP contribution is 2.37. The molecule has 0 aromatic carbocycles. The van der Waals surface area contributed by atoms with E-state index in [1.807, 2.05) is 26.8 Å². The lowest BCUT2D eigenvalue weighted by atomic mass is 9.82. The van der Waals surface area contributed by atoms with Crippen LogP contribution in [0.3, 0.4) is 0 Å². The number of carbonyl (C=O) groups is 1. The second-order valence-electron chi connectivity index (χ2n) is 4.89. The molecule has 0 amide bonds. The van der Waals surface area contributed by atoms with Gasteiger partial charge >= 0.3 is 5.97 Å². The Labute approximate surface area is 113 Å². The number of methoxy groups -OCH3 is 1. The van der Waals surface area contributed by atoms with Crippen molar-refractivity contribution in [2.45, 2.75) is 33.3 Å². The number of hydrogen-bond donors (Lipinski definition) is 0. The number of ether oxygens (including phenoxy) is 2. The number of esters is 1. The summed E-state index contributed by atoms with van der Waals surface area (Å²) in [5.74, 6) is -0.378. The first-order valence-corrected chi connectivity index (χ1v) is 6.37. The molecule has 4 heteroatoms. The molecule has 1 aliphatic heterocycles. The topological polar surface area (TPSA) is 47.9 Å². The summed E-state index contributed by atoms with van der Waals surface area (Å²) < 4.78 is 10.6. The number of allylic oxidation sites excluding steroid dienone is 3. The highest BCUT2D eigenvalue weighted by atomic mass is 16.5. The van der Waals surface area contributed by atoms with Crippen LogP contribution in [0.4, 0.5) is 0 Å². The Hall–Kier alpha value is -1.68. The van der Waals surface area contributed by atoms with E-state index in [-0.39, 0.29) is 5.97 Å². The summed E-state index contributed by atoms with van der Waals surface area (Å²) in [4.78, 5) is 16.1. The largest absolute Gasteiger partial charge is 0.461 e. The second kappa shape index (κ2) is 4.78. The van der Waals surface area contributed by atoms with Crippen LogP contribution in [0.25, 0.3) is 0 Å². The van der Waals surface area contributed by atoms with Crippen LogP contribution in [0.1, 0.15) is 27.7 Å². The third-order valence-electron chi connectivity index (χ3n) is 3.69. The summed E-state index contributed by atoms with van der Waals surface area (Å²) in [5.41, 5.74) is 3.79. The van der Waals surface area contributed by atoms with Gasteiger partial charge in [0.1, 0.15) is 11.3 Å². The van der Waals surface area contributed by atoms with Gasteiger partial charge in [0.05, 0.1) is 12.3 Å². The molecule has 0 fully saturated rings. The molecular formula is C15H19NO3. The Balaban J connectivity index is 2.47. The third-order valence-corrected chi connectivity index (χ3v) is 3.69. The predicted molar refractivity (Wildman–Crippen MR) is 74.0 cm³/mol. The van der Waals surface area contributed by atoms with Crippen LogP contribution in [-0.2, 0) is 14.3 Å². The lowest BCUT2D eigenvalue weighted by Gasteiger charge is -2.32. The molecule has 1 heterocycles. The van der Waals surface area contributed by atoms with E-state index in [2.05, 4.69) is 4.99 Å². The zero-order chi connectivity index (χ0) is 14.2. The first-order chi connectivity index (χ1) is 8.92. The first-order valence-electron chi connectivity index (χ1n) is 6.37. The number of hydrogen-bond acceptors (Lipinski definition) is 4. The molecule has 0 aromatic rings. The first kappa shape index (κ1) is 13.7. The fourth-order valence-corrected chi connectivity index (χ4v) is 2.38. The van der Waals surface area contributed by atoms with Gasteiger partial charge in [0.2, 0.25) is 0 Å². The molecule has 0 N–H and O–H groups in total.